The highest BCUT2D eigenvalue weighted by molar-refractivity contribution is 5.64. The zero-order chi connectivity index (χ0) is 15.3. The lowest BCUT2D eigenvalue weighted by atomic mass is 9.96. The van der Waals surface area contributed by atoms with E-state index in [0.29, 0.717) is 0 Å². The molecule has 0 aromatic heterocycles. The fraction of sp³-hybridized carbons (Fsp3) is 0.600. The fourth-order valence-corrected chi connectivity index (χ4v) is 2.10. The third-order valence-electron chi connectivity index (χ3n) is 2.84. The van der Waals surface area contributed by atoms with Crippen LogP contribution in [0.3, 0.4) is 0 Å². The molecule has 1 aromatic carbocycles. The van der Waals surface area contributed by atoms with E-state index in [1.165, 1.54) is 0 Å². The summed E-state index contributed by atoms with van der Waals surface area (Å²) in [5.41, 5.74) is 1.93. The van der Waals surface area contributed by atoms with Gasteiger partial charge in [-0.3, -0.25) is 10.1 Å². The van der Waals surface area contributed by atoms with Crippen LogP contribution in [-0.4, -0.2) is 25.1 Å². The Morgan fingerprint density at radius 3 is 2.45 bits per heavy atom. The summed E-state index contributed by atoms with van der Waals surface area (Å²) < 4.78 is 0. The smallest absolute Gasteiger partial charge is 0.273 e. The zero-order valence-corrected chi connectivity index (χ0v) is 13.1. The van der Waals surface area contributed by atoms with Gasteiger partial charge < -0.3 is 10.2 Å². The van der Waals surface area contributed by atoms with E-state index in [1.807, 2.05) is 13.1 Å². The van der Waals surface area contributed by atoms with Crippen LogP contribution in [0.15, 0.2) is 18.2 Å². The van der Waals surface area contributed by atoms with Gasteiger partial charge in [-0.25, -0.2) is 0 Å². The summed E-state index contributed by atoms with van der Waals surface area (Å²) in [5.74, 6) is 0. The molecule has 5 nitrogen and oxygen atoms in total. The molecule has 0 spiro atoms. The summed E-state index contributed by atoms with van der Waals surface area (Å²) in [4.78, 5) is 12.8. The number of non-ortho nitro benzene ring substituents is 1. The molecule has 0 saturated carbocycles. The highest BCUT2D eigenvalue weighted by Gasteiger charge is 2.17. The van der Waals surface area contributed by atoms with E-state index < -0.39 is 0 Å². The first kappa shape index (κ1) is 16.3. The minimum Gasteiger partial charge on any atom is -0.385 e. The fourth-order valence-electron chi connectivity index (χ4n) is 2.10. The van der Waals surface area contributed by atoms with Gasteiger partial charge in [0.1, 0.15) is 0 Å². The highest BCUT2D eigenvalue weighted by atomic mass is 16.6. The van der Waals surface area contributed by atoms with E-state index in [9.17, 15) is 10.1 Å². The molecule has 5 heteroatoms. The van der Waals surface area contributed by atoms with Crippen molar-refractivity contribution in [2.75, 3.05) is 30.4 Å². The minimum absolute atomic E-state index is 0.127. The normalized spacial score (nSPS) is 11.2. The number of nitrogens with one attached hydrogen (secondary N) is 1. The van der Waals surface area contributed by atoms with Gasteiger partial charge >= 0.3 is 0 Å². The van der Waals surface area contributed by atoms with Crippen LogP contribution in [0, 0.1) is 15.5 Å². The Labute approximate surface area is 121 Å². The zero-order valence-electron chi connectivity index (χ0n) is 13.1. The molecule has 0 bridgehead atoms. The SMILES string of the molecule is CCCNc1cc(N(C)CC(C)(C)C)cc([N+](=O)[O-])c1. The standard InChI is InChI=1S/C15H25N3O2/c1-6-7-16-12-8-13(10-14(9-12)18(19)20)17(5)11-15(2,3)4/h8-10,16H,6-7,11H2,1-5H3. The first-order valence-corrected chi connectivity index (χ1v) is 6.97. The molecule has 1 rings (SSSR count). The molecule has 0 atom stereocenters. The maximum atomic E-state index is 11.0. The van der Waals surface area contributed by atoms with Crippen molar-refractivity contribution in [3.05, 3.63) is 28.3 Å². The monoisotopic (exact) mass is 279 g/mol. The number of benzene rings is 1. The first-order chi connectivity index (χ1) is 9.23. The second-order valence-corrected chi connectivity index (χ2v) is 6.34. The maximum Gasteiger partial charge on any atom is 0.273 e. The molecule has 20 heavy (non-hydrogen) atoms. The Morgan fingerprint density at radius 2 is 1.95 bits per heavy atom. The summed E-state index contributed by atoms with van der Waals surface area (Å²) in [6, 6.07) is 5.18. The predicted octanol–water partition coefficient (Wildman–Crippen LogP) is 3.90. The van der Waals surface area contributed by atoms with Crippen LogP contribution in [0.4, 0.5) is 17.1 Å². The average Bonchev–Trinajstić information content (AvgIpc) is 2.33. The van der Waals surface area contributed by atoms with Gasteiger partial charge in [-0.05, 0) is 17.9 Å². The van der Waals surface area contributed by atoms with Crippen LogP contribution in [0.2, 0.25) is 0 Å². The highest BCUT2D eigenvalue weighted by Crippen LogP contribution is 2.28. The molecule has 0 amide bonds. The van der Waals surface area contributed by atoms with E-state index in [1.54, 1.807) is 12.1 Å². The second-order valence-electron chi connectivity index (χ2n) is 6.34. The van der Waals surface area contributed by atoms with E-state index in [0.717, 1.165) is 30.9 Å². The third kappa shape index (κ3) is 5.07. The summed E-state index contributed by atoms with van der Waals surface area (Å²) in [7, 11) is 1.97. The molecule has 112 valence electrons. The number of hydrogen-bond donors (Lipinski definition) is 1. The number of hydrogen-bond acceptors (Lipinski definition) is 4. The molecule has 0 heterocycles. The van der Waals surface area contributed by atoms with E-state index >= 15 is 0 Å². The molecule has 0 saturated heterocycles. The van der Waals surface area contributed by atoms with Gasteiger partial charge in [0, 0.05) is 43.6 Å². The van der Waals surface area contributed by atoms with Crippen molar-refractivity contribution in [2.24, 2.45) is 5.41 Å². The van der Waals surface area contributed by atoms with Crippen molar-refractivity contribution < 1.29 is 4.92 Å². The summed E-state index contributed by atoms with van der Waals surface area (Å²) in [6.07, 6.45) is 0.982. The number of anilines is 2. The Hall–Kier alpha value is -1.78. The van der Waals surface area contributed by atoms with Crippen molar-refractivity contribution in [3.63, 3.8) is 0 Å². The van der Waals surface area contributed by atoms with E-state index in [-0.39, 0.29) is 16.0 Å². The van der Waals surface area contributed by atoms with Gasteiger partial charge in [-0.1, -0.05) is 27.7 Å². The van der Waals surface area contributed by atoms with Crippen molar-refractivity contribution in [1.29, 1.82) is 0 Å². The van der Waals surface area contributed by atoms with Crippen LogP contribution < -0.4 is 10.2 Å². The van der Waals surface area contributed by atoms with Crippen LogP contribution >= 0.6 is 0 Å². The lowest BCUT2D eigenvalue weighted by Crippen LogP contribution is -2.29. The summed E-state index contributed by atoms with van der Waals surface area (Å²) in [5, 5.41) is 14.3. The topological polar surface area (TPSA) is 58.4 Å². The van der Waals surface area contributed by atoms with E-state index in [2.05, 4.69) is 37.9 Å². The van der Waals surface area contributed by atoms with Crippen molar-refractivity contribution in [2.45, 2.75) is 34.1 Å². The molecule has 1 aromatic rings. The quantitative estimate of drug-likeness (QED) is 0.634. The molecule has 0 radical (unpaired) electrons. The Balaban J connectivity index is 3.04. The van der Waals surface area contributed by atoms with E-state index in [4.69, 9.17) is 0 Å². The number of rotatable bonds is 6. The molecule has 1 N–H and O–H groups in total. The van der Waals surface area contributed by atoms with Gasteiger partial charge in [-0.15, -0.1) is 0 Å². The number of nitro benzene ring substituents is 1. The largest absolute Gasteiger partial charge is 0.385 e. The lowest BCUT2D eigenvalue weighted by molar-refractivity contribution is -0.384. The van der Waals surface area contributed by atoms with Crippen molar-refractivity contribution >= 4 is 17.1 Å². The molecule has 0 unspecified atom stereocenters. The molecular weight excluding hydrogens is 254 g/mol. The first-order valence-electron chi connectivity index (χ1n) is 6.97. The van der Waals surface area contributed by atoms with Crippen LogP contribution in [0.1, 0.15) is 34.1 Å². The van der Waals surface area contributed by atoms with Gasteiger partial charge in [-0.2, -0.15) is 0 Å². The number of nitrogens with zero attached hydrogens (tertiary/aromatic N) is 2. The van der Waals surface area contributed by atoms with Crippen LogP contribution in [0.5, 0.6) is 0 Å². The van der Waals surface area contributed by atoms with Crippen molar-refractivity contribution in [3.8, 4) is 0 Å². The van der Waals surface area contributed by atoms with Gasteiger partial charge in [0.25, 0.3) is 5.69 Å². The summed E-state index contributed by atoms with van der Waals surface area (Å²) >= 11 is 0. The maximum absolute atomic E-state index is 11.0. The Kier molecular flexibility index (Phi) is 5.36. The predicted molar refractivity (Wildman–Crippen MR) is 84.6 cm³/mol. The molecular formula is C15H25N3O2. The minimum atomic E-state index is -0.342. The van der Waals surface area contributed by atoms with Gasteiger partial charge in [0.15, 0.2) is 0 Å². The lowest BCUT2D eigenvalue weighted by Gasteiger charge is -2.28. The Bertz CT molecular complexity index is 467. The van der Waals surface area contributed by atoms with Crippen LogP contribution in [-0.2, 0) is 0 Å². The molecule has 0 fully saturated rings. The molecule has 0 aliphatic heterocycles. The van der Waals surface area contributed by atoms with Crippen LogP contribution in [0.25, 0.3) is 0 Å². The molecule has 0 aliphatic carbocycles. The average molecular weight is 279 g/mol. The molecule has 0 aliphatic rings. The Morgan fingerprint density at radius 1 is 1.30 bits per heavy atom. The summed E-state index contributed by atoms with van der Waals surface area (Å²) in [6.45, 7) is 10.2. The second kappa shape index (κ2) is 6.59. The van der Waals surface area contributed by atoms with Gasteiger partial charge in [0.2, 0.25) is 0 Å². The van der Waals surface area contributed by atoms with Crippen molar-refractivity contribution in [1.82, 2.24) is 0 Å². The number of nitro groups is 1. The third-order valence-corrected chi connectivity index (χ3v) is 2.84. The van der Waals surface area contributed by atoms with Gasteiger partial charge in [0.05, 0.1) is 4.92 Å².